The molecule has 0 unspecified atom stereocenters. The van der Waals surface area contributed by atoms with Crippen molar-refractivity contribution < 1.29 is 19.8 Å². The summed E-state index contributed by atoms with van der Waals surface area (Å²) in [6.45, 7) is 3.28. The number of nitrogens with one attached hydrogen (secondary N) is 1. The molecule has 0 spiro atoms. The van der Waals surface area contributed by atoms with E-state index in [1.54, 1.807) is 0 Å². The summed E-state index contributed by atoms with van der Waals surface area (Å²) in [6, 6.07) is 2.69. The summed E-state index contributed by atoms with van der Waals surface area (Å²) >= 11 is 4.77. The van der Waals surface area contributed by atoms with Crippen LogP contribution in [0.15, 0.2) is 21.5 Å². The fourth-order valence-electron chi connectivity index (χ4n) is 1.47. The summed E-state index contributed by atoms with van der Waals surface area (Å²) in [6.07, 6.45) is 0. The van der Waals surface area contributed by atoms with E-state index in [1.807, 2.05) is 26.0 Å². The minimum absolute atomic E-state index is 0.103. The van der Waals surface area contributed by atoms with Crippen molar-refractivity contribution in [2.45, 2.75) is 24.8 Å². The summed E-state index contributed by atoms with van der Waals surface area (Å²) < 4.78 is 1.01. The third-order valence-electron chi connectivity index (χ3n) is 2.63. The number of carbonyl (C=O) groups is 2. The number of carbonyl (C=O) groups excluding carboxylic acids is 1. The lowest BCUT2D eigenvalue weighted by Gasteiger charge is -2.12. The average Bonchev–Trinajstić information content (AvgIpc) is 2.38. The molecule has 0 aliphatic heterocycles. The zero-order valence-corrected chi connectivity index (χ0v) is 13.5. The number of carboxylic acids is 1. The van der Waals surface area contributed by atoms with Gasteiger partial charge < -0.3 is 15.5 Å². The number of thioether (sulfide) groups is 1. The van der Waals surface area contributed by atoms with Gasteiger partial charge in [-0.15, -0.1) is 11.8 Å². The third-order valence-corrected chi connectivity index (χ3v) is 4.64. The van der Waals surface area contributed by atoms with Gasteiger partial charge in [0.05, 0.1) is 12.4 Å². The summed E-state index contributed by atoms with van der Waals surface area (Å²) in [5, 5.41) is 19.8. The van der Waals surface area contributed by atoms with Crippen molar-refractivity contribution in [3.8, 4) is 0 Å². The number of hydrogen-bond acceptors (Lipinski definition) is 4. The lowest BCUT2D eigenvalue weighted by molar-refractivity contribution is -0.142. The van der Waals surface area contributed by atoms with Crippen LogP contribution < -0.4 is 5.32 Å². The molecule has 0 radical (unpaired) electrons. The highest BCUT2D eigenvalue weighted by atomic mass is 79.9. The van der Waals surface area contributed by atoms with Crippen LogP contribution in [0.3, 0.4) is 0 Å². The van der Waals surface area contributed by atoms with Gasteiger partial charge in [0, 0.05) is 9.37 Å². The van der Waals surface area contributed by atoms with Crippen LogP contribution in [0.25, 0.3) is 0 Å². The number of aryl methyl sites for hydroxylation is 2. The molecule has 0 aromatic heterocycles. The predicted molar refractivity (Wildman–Crippen MR) is 81.0 cm³/mol. The quantitative estimate of drug-likeness (QED) is 0.671. The number of carboxylic acid groups (broad SMARTS) is 1. The van der Waals surface area contributed by atoms with Gasteiger partial charge >= 0.3 is 5.97 Å². The second-order valence-electron chi connectivity index (χ2n) is 4.30. The van der Waals surface area contributed by atoms with Crippen molar-refractivity contribution in [3.05, 3.63) is 27.7 Å². The Kier molecular flexibility index (Phi) is 6.51. The molecule has 1 amide bonds. The van der Waals surface area contributed by atoms with Crippen molar-refractivity contribution in [3.63, 3.8) is 0 Å². The smallest absolute Gasteiger partial charge is 0.328 e. The van der Waals surface area contributed by atoms with Gasteiger partial charge in [-0.3, -0.25) is 4.79 Å². The van der Waals surface area contributed by atoms with Gasteiger partial charge in [-0.25, -0.2) is 4.79 Å². The molecule has 0 fully saturated rings. The van der Waals surface area contributed by atoms with E-state index in [2.05, 4.69) is 21.2 Å². The van der Waals surface area contributed by atoms with Crippen LogP contribution in [0.1, 0.15) is 11.1 Å². The maximum atomic E-state index is 11.6. The fraction of sp³-hybridized carbons (Fsp3) is 0.385. The summed E-state index contributed by atoms with van der Waals surface area (Å²) in [4.78, 5) is 23.3. The molecule has 0 heterocycles. The molecular formula is C13H16BrNO4S. The molecule has 0 bridgehead atoms. The molecule has 110 valence electrons. The lowest BCUT2D eigenvalue weighted by Crippen LogP contribution is -2.44. The van der Waals surface area contributed by atoms with Gasteiger partial charge in [0.1, 0.15) is 6.04 Å². The SMILES string of the molecule is Cc1cc(SCC(=O)N[C@H](CO)C(=O)O)c(C)cc1Br. The monoisotopic (exact) mass is 361 g/mol. The van der Waals surface area contributed by atoms with Crippen LogP contribution in [-0.4, -0.2) is 40.5 Å². The highest BCUT2D eigenvalue weighted by Gasteiger charge is 2.18. The van der Waals surface area contributed by atoms with Crippen LogP contribution in [0.4, 0.5) is 0 Å². The second kappa shape index (κ2) is 7.66. The molecule has 1 rings (SSSR count). The first-order valence-electron chi connectivity index (χ1n) is 5.87. The van der Waals surface area contributed by atoms with Gasteiger partial charge in [-0.1, -0.05) is 15.9 Å². The first-order valence-corrected chi connectivity index (χ1v) is 7.65. The lowest BCUT2D eigenvalue weighted by atomic mass is 10.2. The Hall–Kier alpha value is -1.05. The molecule has 0 aliphatic carbocycles. The molecule has 7 heteroatoms. The highest BCUT2D eigenvalue weighted by molar-refractivity contribution is 9.10. The number of aliphatic hydroxyl groups is 1. The number of aliphatic hydroxyl groups excluding tert-OH is 1. The van der Waals surface area contributed by atoms with Crippen LogP contribution in [0.2, 0.25) is 0 Å². The molecule has 0 saturated heterocycles. The molecular weight excluding hydrogens is 346 g/mol. The maximum Gasteiger partial charge on any atom is 0.328 e. The van der Waals surface area contributed by atoms with E-state index in [4.69, 9.17) is 10.2 Å². The largest absolute Gasteiger partial charge is 0.480 e. The van der Waals surface area contributed by atoms with Gasteiger partial charge in [0.2, 0.25) is 5.91 Å². The van der Waals surface area contributed by atoms with Crippen molar-refractivity contribution in [2.24, 2.45) is 0 Å². The number of benzene rings is 1. The number of rotatable bonds is 6. The zero-order valence-electron chi connectivity index (χ0n) is 11.1. The molecule has 0 aliphatic rings. The Balaban J connectivity index is 2.61. The van der Waals surface area contributed by atoms with Gasteiger partial charge in [0.15, 0.2) is 0 Å². The third kappa shape index (κ3) is 4.81. The normalized spacial score (nSPS) is 12.0. The predicted octanol–water partition coefficient (Wildman–Crippen LogP) is 1.72. The van der Waals surface area contributed by atoms with Gasteiger partial charge in [-0.2, -0.15) is 0 Å². The first kappa shape index (κ1) is 17.0. The highest BCUT2D eigenvalue weighted by Crippen LogP contribution is 2.28. The minimum atomic E-state index is -1.25. The van der Waals surface area contributed by atoms with Crippen LogP contribution >= 0.6 is 27.7 Å². The van der Waals surface area contributed by atoms with Crippen molar-refractivity contribution in [2.75, 3.05) is 12.4 Å². The van der Waals surface area contributed by atoms with Crippen molar-refractivity contribution in [1.82, 2.24) is 5.32 Å². The van der Waals surface area contributed by atoms with E-state index in [1.165, 1.54) is 11.8 Å². The van der Waals surface area contributed by atoms with E-state index in [9.17, 15) is 9.59 Å². The van der Waals surface area contributed by atoms with Crippen molar-refractivity contribution >= 4 is 39.6 Å². The van der Waals surface area contributed by atoms with E-state index in [-0.39, 0.29) is 5.75 Å². The summed E-state index contributed by atoms with van der Waals surface area (Å²) in [7, 11) is 0. The molecule has 0 saturated carbocycles. The summed E-state index contributed by atoms with van der Waals surface area (Å²) in [5.41, 5.74) is 2.11. The molecule has 1 aromatic rings. The first-order chi connectivity index (χ1) is 9.35. The van der Waals surface area contributed by atoms with Gasteiger partial charge in [0.25, 0.3) is 0 Å². The Morgan fingerprint density at radius 1 is 1.35 bits per heavy atom. The van der Waals surface area contributed by atoms with Crippen LogP contribution in [0, 0.1) is 13.8 Å². The van der Waals surface area contributed by atoms with Crippen LogP contribution in [0.5, 0.6) is 0 Å². The molecule has 20 heavy (non-hydrogen) atoms. The zero-order chi connectivity index (χ0) is 15.3. The number of hydrogen-bond donors (Lipinski definition) is 3. The Morgan fingerprint density at radius 2 is 2.00 bits per heavy atom. The van der Waals surface area contributed by atoms with Gasteiger partial charge in [-0.05, 0) is 37.1 Å². The van der Waals surface area contributed by atoms with Crippen molar-refractivity contribution in [1.29, 1.82) is 0 Å². The fourth-order valence-corrected chi connectivity index (χ4v) is 2.85. The van der Waals surface area contributed by atoms with Crippen LogP contribution in [-0.2, 0) is 9.59 Å². The van der Waals surface area contributed by atoms with E-state index in [0.29, 0.717) is 0 Å². The minimum Gasteiger partial charge on any atom is -0.480 e. The Morgan fingerprint density at radius 3 is 2.55 bits per heavy atom. The Labute approximate surface area is 129 Å². The number of amides is 1. The Bertz CT molecular complexity index is 521. The second-order valence-corrected chi connectivity index (χ2v) is 6.17. The topological polar surface area (TPSA) is 86.6 Å². The standard InChI is InChI=1S/C13H16BrNO4S/c1-7-4-11(8(2)3-9(7)14)20-6-12(17)15-10(5-16)13(18)19/h3-4,10,16H,5-6H2,1-2H3,(H,15,17)(H,18,19)/t10-/m1/s1. The molecule has 1 aromatic carbocycles. The molecule has 1 atom stereocenters. The molecule has 3 N–H and O–H groups in total. The van der Waals surface area contributed by atoms with E-state index in [0.717, 1.165) is 20.5 Å². The summed E-state index contributed by atoms with van der Waals surface area (Å²) in [5.74, 6) is -1.57. The maximum absolute atomic E-state index is 11.6. The molecule has 5 nitrogen and oxygen atoms in total. The average molecular weight is 362 g/mol. The van der Waals surface area contributed by atoms with E-state index >= 15 is 0 Å². The van der Waals surface area contributed by atoms with E-state index < -0.39 is 24.5 Å². The number of aliphatic carboxylic acids is 1. The number of halogens is 1.